The van der Waals surface area contributed by atoms with E-state index in [9.17, 15) is 14.9 Å². The molecule has 1 atom stereocenters. The molecule has 5 nitrogen and oxygen atoms in total. The van der Waals surface area contributed by atoms with Gasteiger partial charge in [-0.1, -0.05) is 88.8 Å². The zero-order chi connectivity index (χ0) is 21.5. The van der Waals surface area contributed by atoms with Crippen molar-refractivity contribution >= 4 is 17.6 Å². The Balaban J connectivity index is 2.20. The van der Waals surface area contributed by atoms with Crippen molar-refractivity contribution in [2.75, 3.05) is 0 Å². The van der Waals surface area contributed by atoms with Gasteiger partial charge in [-0.15, -0.1) is 0 Å². The first-order valence-corrected chi connectivity index (χ1v) is 11.5. The molecule has 29 heavy (non-hydrogen) atoms. The largest absolute Gasteiger partial charge is 0.478 e. The van der Waals surface area contributed by atoms with Gasteiger partial charge in [-0.3, -0.25) is 10.1 Å². The molecule has 0 aliphatic rings. The first-order chi connectivity index (χ1) is 14.0. The molecule has 0 spiro atoms. The van der Waals surface area contributed by atoms with Gasteiger partial charge >= 0.3 is 5.97 Å². The third kappa shape index (κ3) is 11.2. The van der Waals surface area contributed by atoms with Crippen molar-refractivity contribution in [1.82, 2.24) is 0 Å². The molecule has 1 aromatic carbocycles. The minimum Gasteiger partial charge on any atom is -0.478 e. The number of carboxylic acids is 1. The normalized spacial score (nSPS) is 12.1. The molecule has 0 aliphatic carbocycles. The van der Waals surface area contributed by atoms with Crippen LogP contribution in [0.2, 0.25) is 5.02 Å². The fourth-order valence-electron chi connectivity index (χ4n) is 3.62. The molecule has 0 fully saturated rings. The van der Waals surface area contributed by atoms with Gasteiger partial charge in [0, 0.05) is 17.8 Å². The van der Waals surface area contributed by atoms with Crippen LogP contribution in [0.5, 0.6) is 0 Å². The summed E-state index contributed by atoms with van der Waals surface area (Å²) in [7, 11) is 0. The predicted octanol–water partition coefficient (Wildman–Crippen LogP) is 7.32. The van der Waals surface area contributed by atoms with E-state index in [0.717, 1.165) is 24.8 Å². The number of hydrogen-bond acceptors (Lipinski definition) is 3. The van der Waals surface area contributed by atoms with Crippen molar-refractivity contribution in [2.45, 2.75) is 103 Å². The highest BCUT2D eigenvalue weighted by Gasteiger charge is 2.19. The lowest BCUT2D eigenvalue weighted by Crippen LogP contribution is -2.20. The Bertz CT molecular complexity index is 621. The van der Waals surface area contributed by atoms with Gasteiger partial charge in [0.1, 0.15) is 0 Å². The van der Waals surface area contributed by atoms with Crippen molar-refractivity contribution in [1.29, 1.82) is 0 Å². The fraction of sp³-hybridized carbons (Fsp3) is 0.696. The molecular weight excluding hydrogens is 390 g/mol. The van der Waals surface area contributed by atoms with Crippen LogP contribution in [0.4, 0.5) is 0 Å². The Morgan fingerprint density at radius 1 is 1.00 bits per heavy atom. The highest BCUT2D eigenvalue weighted by atomic mass is 35.5. The summed E-state index contributed by atoms with van der Waals surface area (Å²) >= 11 is 5.97. The van der Waals surface area contributed by atoms with Crippen molar-refractivity contribution < 1.29 is 14.8 Å². The maximum absolute atomic E-state index is 11.3. The molecule has 1 N–H and O–H groups in total. The van der Waals surface area contributed by atoms with Crippen molar-refractivity contribution in [2.24, 2.45) is 0 Å². The Labute approximate surface area is 180 Å². The van der Waals surface area contributed by atoms with Gasteiger partial charge in [0.2, 0.25) is 6.04 Å². The SMILES string of the molecule is CCCCCCCCCCCCCC(CCc1ccc(C(=O)O)c(Cl)c1)[N+](=O)[O-]. The van der Waals surface area contributed by atoms with Gasteiger partial charge in [-0.2, -0.15) is 0 Å². The monoisotopic (exact) mass is 425 g/mol. The Kier molecular flexibility index (Phi) is 13.4. The Hall–Kier alpha value is -1.62. The molecule has 0 radical (unpaired) electrons. The molecular formula is C23H36ClNO4. The number of halogens is 1. The summed E-state index contributed by atoms with van der Waals surface area (Å²) in [5, 5.41) is 20.5. The lowest BCUT2D eigenvalue weighted by molar-refractivity contribution is -0.524. The van der Waals surface area contributed by atoms with Crippen LogP contribution >= 0.6 is 11.6 Å². The number of unbranched alkanes of at least 4 members (excludes halogenated alkanes) is 10. The topological polar surface area (TPSA) is 80.4 Å². The van der Waals surface area contributed by atoms with Gasteiger partial charge in [-0.05, 0) is 30.5 Å². The van der Waals surface area contributed by atoms with Crippen LogP contribution in [0.15, 0.2) is 18.2 Å². The highest BCUT2D eigenvalue weighted by Crippen LogP contribution is 2.21. The van der Waals surface area contributed by atoms with E-state index in [1.165, 1.54) is 57.4 Å². The summed E-state index contributed by atoms with van der Waals surface area (Å²) in [5.74, 6) is -1.07. The van der Waals surface area contributed by atoms with Crippen LogP contribution in [0, 0.1) is 10.1 Å². The van der Waals surface area contributed by atoms with E-state index >= 15 is 0 Å². The van der Waals surface area contributed by atoms with Gasteiger partial charge < -0.3 is 5.11 Å². The van der Waals surface area contributed by atoms with Crippen molar-refractivity contribution in [3.8, 4) is 0 Å². The van der Waals surface area contributed by atoms with E-state index in [1.807, 2.05) is 0 Å². The number of aryl methyl sites for hydroxylation is 1. The number of carboxylic acid groups (broad SMARTS) is 1. The van der Waals surface area contributed by atoms with Gasteiger partial charge in [0.05, 0.1) is 10.6 Å². The lowest BCUT2D eigenvalue weighted by Gasteiger charge is -2.10. The highest BCUT2D eigenvalue weighted by molar-refractivity contribution is 6.33. The lowest BCUT2D eigenvalue weighted by atomic mass is 9.99. The van der Waals surface area contributed by atoms with Gasteiger partial charge in [0.15, 0.2) is 0 Å². The Morgan fingerprint density at radius 3 is 2.03 bits per heavy atom. The maximum Gasteiger partial charge on any atom is 0.337 e. The van der Waals surface area contributed by atoms with E-state index in [-0.39, 0.29) is 15.5 Å². The summed E-state index contributed by atoms with van der Waals surface area (Å²) < 4.78 is 0. The van der Waals surface area contributed by atoms with E-state index < -0.39 is 12.0 Å². The van der Waals surface area contributed by atoms with E-state index in [4.69, 9.17) is 16.7 Å². The van der Waals surface area contributed by atoms with E-state index in [1.54, 1.807) is 12.1 Å². The summed E-state index contributed by atoms with van der Waals surface area (Å²) in [5.41, 5.74) is 0.896. The first-order valence-electron chi connectivity index (χ1n) is 11.1. The van der Waals surface area contributed by atoms with Crippen molar-refractivity contribution in [3.05, 3.63) is 44.5 Å². The number of hydrogen-bond donors (Lipinski definition) is 1. The molecule has 1 unspecified atom stereocenters. The first kappa shape index (κ1) is 25.4. The second kappa shape index (κ2) is 15.3. The number of benzene rings is 1. The predicted molar refractivity (Wildman–Crippen MR) is 119 cm³/mol. The fourth-order valence-corrected chi connectivity index (χ4v) is 3.90. The molecule has 0 aromatic heterocycles. The maximum atomic E-state index is 11.3. The second-order valence-corrected chi connectivity index (χ2v) is 8.33. The zero-order valence-electron chi connectivity index (χ0n) is 17.7. The molecule has 164 valence electrons. The van der Waals surface area contributed by atoms with Gasteiger partial charge in [0.25, 0.3) is 0 Å². The third-order valence-corrected chi connectivity index (χ3v) is 5.78. The van der Waals surface area contributed by atoms with Crippen LogP contribution in [0.25, 0.3) is 0 Å². The third-order valence-electron chi connectivity index (χ3n) is 5.47. The van der Waals surface area contributed by atoms with Crippen molar-refractivity contribution in [3.63, 3.8) is 0 Å². The summed E-state index contributed by atoms with van der Waals surface area (Å²) in [6.07, 6.45) is 15.2. The molecule has 0 saturated carbocycles. The molecule has 0 amide bonds. The van der Waals surface area contributed by atoms with Crippen LogP contribution in [-0.4, -0.2) is 22.0 Å². The van der Waals surface area contributed by atoms with Crippen LogP contribution < -0.4 is 0 Å². The molecule has 0 aliphatic heterocycles. The summed E-state index contributed by atoms with van der Waals surface area (Å²) in [4.78, 5) is 22.2. The average Bonchev–Trinajstić information content (AvgIpc) is 2.67. The van der Waals surface area contributed by atoms with Crippen LogP contribution in [-0.2, 0) is 6.42 Å². The average molecular weight is 426 g/mol. The molecule has 1 aromatic rings. The number of nitro groups is 1. The Morgan fingerprint density at radius 2 is 1.55 bits per heavy atom. The molecule has 1 rings (SSSR count). The molecule has 6 heteroatoms. The van der Waals surface area contributed by atoms with E-state index in [0.29, 0.717) is 19.3 Å². The van der Waals surface area contributed by atoms with E-state index in [2.05, 4.69) is 6.92 Å². The molecule has 0 saturated heterocycles. The van der Waals surface area contributed by atoms with Crippen LogP contribution in [0.3, 0.4) is 0 Å². The molecule has 0 bridgehead atoms. The number of rotatable bonds is 17. The minimum absolute atomic E-state index is 0.0576. The number of aromatic carboxylic acids is 1. The number of carbonyl (C=O) groups is 1. The quantitative estimate of drug-likeness (QED) is 0.161. The summed E-state index contributed by atoms with van der Waals surface area (Å²) in [6.45, 7) is 2.23. The second-order valence-electron chi connectivity index (χ2n) is 7.92. The smallest absolute Gasteiger partial charge is 0.337 e. The standard InChI is InChI=1S/C23H36ClNO4/c1-2-3-4-5-6-7-8-9-10-11-12-13-20(25(28)29)16-14-19-15-17-21(23(26)27)22(24)18-19/h15,17-18,20H,2-14,16H2,1H3,(H,26,27). The zero-order valence-corrected chi connectivity index (χ0v) is 18.5. The minimum atomic E-state index is -1.07. The summed E-state index contributed by atoms with van der Waals surface area (Å²) in [6, 6.07) is 4.20. The molecule has 0 heterocycles. The number of nitrogens with zero attached hydrogens (tertiary/aromatic N) is 1. The van der Waals surface area contributed by atoms with Crippen LogP contribution in [0.1, 0.15) is 106 Å². The van der Waals surface area contributed by atoms with Gasteiger partial charge in [-0.25, -0.2) is 4.79 Å².